The molecule has 128 valence electrons. The molecule has 0 atom stereocenters. The molecular formula is C19H19FN4O. The van der Waals surface area contributed by atoms with Crippen LogP contribution in [-0.2, 0) is 13.1 Å². The smallest absolute Gasteiger partial charge is 0.276 e. The second-order valence-corrected chi connectivity index (χ2v) is 5.95. The number of aromatic nitrogens is 3. The maximum Gasteiger partial charge on any atom is 0.276 e. The van der Waals surface area contributed by atoms with Crippen LogP contribution in [0.4, 0.5) is 4.39 Å². The number of rotatable bonds is 5. The van der Waals surface area contributed by atoms with Gasteiger partial charge in [0.2, 0.25) is 0 Å². The van der Waals surface area contributed by atoms with Gasteiger partial charge in [-0.2, -0.15) is 0 Å². The van der Waals surface area contributed by atoms with Gasteiger partial charge >= 0.3 is 0 Å². The minimum absolute atomic E-state index is 0.207. The molecule has 25 heavy (non-hydrogen) atoms. The highest BCUT2D eigenvalue weighted by molar-refractivity contribution is 5.93. The summed E-state index contributed by atoms with van der Waals surface area (Å²) in [5.74, 6) is -0.501. The molecule has 0 saturated carbocycles. The summed E-state index contributed by atoms with van der Waals surface area (Å²) in [7, 11) is 1.70. The molecule has 0 fully saturated rings. The maximum atomic E-state index is 13.0. The largest absolute Gasteiger partial charge is 0.336 e. The van der Waals surface area contributed by atoms with Crippen molar-refractivity contribution in [2.75, 3.05) is 7.05 Å². The first kappa shape index (κ1) is 16.8. The topological polar surface area (TPSA) is 51.0 Å². The lowest BCUT2D eigenvalue weighted by atomic mass is 10.2. The van der Waals surface area contributed by atoms with Crippen molar-refractivity contribution < 1.29 is 9.18 Å². The molecule has 3 rings (SSSR count). The summed E-state index contributed by atoms with van der Waals surface area (Å²) in [5, 5.41) is 8.15. The van der Waals surface area contributed by atoms with Crippen molar-refractivity contribution in [2.45, 2.75) is 20.0 Å². The van der Waals surface area contributed by atoms with Gasteiger partial charge < -0.3 is 4.90 Å². The van der Waals surface area contributed by atoms with Crippen LogP contribution in [0.2, 0.25) is 0 Å². The highest BCUT2D eigenvalue weighted by Crippen LogP contribution is 2.12. The van der Waals surface area contributed by atoms with E-state index in [4.69, 9.17) is 0 Å². The number of carbonyl (C=O) groups excluding carboxylic acids is 1. The zero-order valence-electron chi connectivity index (χ0n) is 14.2. The first-order valence-corrected chi connectivity index (χ1v) is 7.98. The van der Waals surface area contributed by atoms with Crippen molar-refractivity contribution in [2.24, 2.45) is 0 Å². The van der Waals surface area contributed by atoms with E-state index in [2.05, 4.69) is 10.3 Å². The second-order valence-electron chi connectivity index (χ2n) is 5.95. The molecule has 1 aromatic heterocycles. The van der Waals surface area contributed by atoms with E-state index in [1.165, 1.54) is 12.1 Å². The highest BCUT2D eigenvalue weighted by Gasteiger charge is 2.20. The predicted molar refractivity (Wildman–Crippen MR) is 92.5 cm³/mol. The van der Waals surface area contributed by atoms with Crippen molar-refractivity contribution in [1.82, 2.24) is 19.9 Å². The van der Waals surface area contributed by atoms with E-state index in [9.17, 15) is 9.18 Å². The Hall–Kier alpha value is -3.02. The van der Waals surface area contributed by atoms with Gasteiger partial charge in [-0.05, 0) is 30.2 Å². The van der Waals surface area contributed by atoms with E-state index in [1.54, 1.807) is 28.8 Å². The van der Waals surface area contributed by atoms with Crippen LogP contribution in [0.3, 0.4) is 0 Å². The van der Waals surface area contributed by atoms with Crippen molar-refractivity contribution in [3.8, 4) is 0 Å². The molecule has 0 radical (unpaired) electrons. The zero-order chi connectivity index (χ0) is 17.8. The molecule has 0 N–H and O–H groups in total. The molecule has 0 bridgehead atoms. The lowest BCUT2D eigenvalue weighted by Gasteiger charge is -2.16. The second kappa shape index (κ2) is 7.25. The summed E-state index contributed by atoms with van der Waals surface area (Å²) < 4.78 is 14.7. The van der Waals surface area contributed by atoms with E-state index in [0.29, 0.717) is 18.8 Å². The number of carbonyl (C=O) groups is 1. The molecule has 0 aliphatic carbocycles. The molecule has 0 saturated heterocycles. The number of hydrogen-bond donors (Lipinski definition) is 0. The molecule has 0 unspecified atom stereocenters. The summed E-state index contributed by atoms with van der Waals surface area (Å²) in [6, 6.07) is 16.0. The number of hydrogen-bond acceptors (Lipinski definition) is 3. The number of amides is 1. The third-order valence-electron chi connectivity index (χ3n) is 4.04. The molecule has 2 aromatic carbocycles. The Morgan fingerprint density at radius 2 is 1.76 bits per heavy atom. The Morgan fingerprint density at radius 1 is 1.08 bits per heavy atom. The van der Waals surface area contributed by atoms with Gasteiger partial charge in [0, 0.05) is 13.6 Å². The average molecular weight is 338 g/mol. The Morgan fingerprint density at radius 3 is 2.44 bits per heavy atom. The fourth-order valence-corrected chi connectivity index (χ4v) is 2.58. The molecule has 1 amide bonds. The SMILES string of the molecule is Cc1c(C(=O)N(C)Cc2ccc(F)cc2)nnn1Cc1ccccc1. The Kier molecular flexibility index (Phi) is 4.88. The van der Waals surface area contributed by atoms with Crippen LogP contribution >= 0.6 is 0 Å². The van der Waals surface area contributed by atoms with Crippen molar-refractivity contribution in [3.05, 3.63) is 82.9 Å². The molecule has 1 heterocycles. The van der Waals surface area contributed by atoms with Gasteiger partial charge in [-0.25, -0.2) is 9.07 Å². The monoisotopic (exact) mass is 338 g/mol. The fourth-order valence-electron chi connectivity index (χ4n) is 2.58. The van der Waals surface area contributed by atoms with Crippen LogP contribution in [0.25, 0.3) is 0 Å². The number of benzene rings is 2. The average Bonchev–Trinajstić information content (AvgIpc) is 2.98. The van der Waals surface area contributed by atoms with Crippen molar-refractivity contribution in [1.29, 1.82) is 0 Å². The van der Waals surface area contributed by atoms with Gasteiger partial charge in [0.05, 0.1) is 12.2 Å². The Balaban J connectivity index is 1.72. The lowest BCUT2D eigenvalue weighted by molar-refractivity contribution is 0.0778. The molecule has 5 nitrogen and oxygen atoms in total. The first-order valence-electron chi connectivity index (χ1n) is 7.98. The fraction of sp³-hybridized carbons (Fsp3) is 0.211. The quantitative estimate of drug-likeness (QED) is 0.718. The number of halogens is 1. The summed E-state index contributed by atoms with van der Waals surface area (Å²) in [5.41, 5.74) is 3.00. The van der Waals surface area contributed by atoms with Crippen LogP contribution in [0.15, 0.2) is 54.6 Å². The first-order chi connectivity index (χ1) is 12.0. The van der Waals surface area contributed by atoms with Gasteiger partial charge in [0.1, 0.15) is 5.82 Å². The summed E-state index contributed by atoms with van der Waals surface area (Å²) in [6.45, 7) is 2.78. The standard InChI is InChI=1S/C19H19FN4O/c1-14-18(21-22-24(14)13-15-6-4-3-5-7-15)19(25)23(2)12-16-8-10-17(20)11-9-16/h3-11H,12-13H2,1-2H3. The lowest BCUT2D eigenvalue weighted by Crippen LogP contribution is -2.27. The van der Waals surface area contributed by atoms with Crippen molar-refractivity contribution >= 4 is 5.91 Å². The van der Waals surface area contributed by atoms with Crippen LogP contribution in [0, 0.1) is 12.7 Å². The van der Waals surface area contributed by atoms with E-state index < -0.39 is 0 Å². The molecule has 0 aliphatic heterocycles. The minimum Gasteiger partial charge on any atom is -0.336 e. The van der Waals surface area contributed by atoms with E-state index in [0.717, 1.165) is 16.8 Å². The Bertz CT molecular complexity index is 859. The predicted octanol–water partition coefficient (Wildman–Crippen LogP) is 3.05. The summed E-state index contributed by atoms with van der Waals surface area (Å²) in [6.07, 6.45) is 0. The van der Waals surface area contributed by atoms with Gasteiger partial charge in [0.15, 0.2) is 5.69 Å². The molecule has 0 aliphatic rings. The molecule has 3 aromatic rings. The molecule has 0 spiro atoms. The van der Waals surface area contributed by atoms with Gasteiger partial charge in [-0.1, -0.05) is 47.7 Å². The third-order valence-corrected chi connectivity index (χ3v) is 4.04. The van der Waals surface area contributed by atoms with Gasteiger partial charge in [0.25, 0.3) is 5.91 Å². The van der Waals surface area contributed by atoms with E-state index >= 15 is 0 Å². The van der Waals surface area contributed by atoms with E-state index in [-0.39, 0.29) is 11.7 Å². The highest BCUT2D eigenvalue weighted by atomic mass is 19.1. The maximum absolute atomic E-state index is 13.0. The van der Waals surface area contributed by atoms with Gasteiger partial charge in [-0.3, -0.25) is 4.79 Å². The Labute approximate surface area is 145 Å². The summed E-state index contributed by atoms with van der Waals surface area (Å²) >= 11 is 0. The van der Waals surface area contributed by atoms with Crippen molar-refractivity contribution in [3.63, 3.8) is 0 Å². The minimum atomic E-state index is -0.294. The van der Waals surface area contributed by atoms with Crippen LogP contribution in [-0.4, -0.2) is 32.8 Å². The zero-order valence-corrected chi connectivity index (χ0v) is 14.2. The molecule has 6 heteroatoms. The van der Waals surface area contributed by atoms with Crippen LogP contribution in [0.5, 0.6) is 0 Å². The normalized spacial score (nSPS) is 10.7. The summed E-state index contributed by atoms with van der Waals surface area (Å²) in [4.78, 5) is 14.2. The van der Waals surface area contributed by atoms with Crippen LogP contribution in [0.1, 0.15) is 27.3 Å². The molecular weight excluding hydrogens is 319 g/mol. The van der Waals surface area contributed by atoms with Gasteiger partial charge in [-0.15, -0.1) is 5.10 Å². The van der Waals surface area contributed by atoms with E-state index in [1.807, 2.05) is 37.3 Å². The van der Waals surface area contributed by atoms with Crippen LogP contribution < -0.4 is 0 Å². The third kappa shape index (κ3) is 3.91. The number of nitrogens with zero attached hydrogens (tertiary/aromatic N) is 4.